The van der Waals surface area contributed by atoms with Gasteiger partial charge in [-0.15, -0.1) is 0 Å². The van der Waals surface area contributed by atoms with Gasteiger partial charge in [-0.05, 0) is 44.9 Å². The molecule has 0 atom stereocenters. The van der Waals surface area contributed by atoms with E-state index in [4.69, 9.17) is 4.42 Å². The van der Waals surface area contributed by atoms with E-state index in [1.165, 1.54) is 5.56 Å². The van der Waals surface area contributed by atoms with Crippen LogP contribution < -0.4 is 5.63 Å². The van der Waals surface area contributed by atoms with Crippen LogP contribution in [-0.4, -0.2) is 0 Å². The van der Waals surface area contributed by atoms with Crippen molar-refractivity contribution in [2.75, 3.05) is 0 Å². The first kappa shape index (κ1) is 17.8. The van der Waals surface area contributed by atoms with Gasteiger partial charge in [0.2, 0.25) is 0 Å². The van der Waals surface area contributed by atoms with Crippen molar-refractivity contribution in [3.05, 3.63) is 70.1 Å². The van der Waals surface area contributed by atoms with Gasteiger partial charge >= 0.3 is 5.63 Å². The van der Waals surface area contributed by atoms with Crippen LogP contribution in [-0.2, 0) is 10.8 Å². The van der Waals surface area contributed by atoms with E-state index >= 15 is 0 Å². The zero-order valence-corrected chi connectivity index (χ0v) is 16.9. The van der Waals surface area contributed by atoms with Crippen molar-refractivity contribution < 1.29 is 4.42 Å². The van der Waals surface area contributed by atoms with E-state index in [1.54, 1.807) is 0 Å². The van der Waals surface area contributed by atoms with E-state index in [1.807, 2.05) is 6.07 Å². The maximum absolute atomic E-state index is 12.8. The first-order chi connectivity index (χ1) is 12.6. The monoisotopic (exact) mass is 358 g/mol. The fourth-order valence-electron chi connectivity index (χ4n) is 3.65. The lowest BCUT2D eigenvalue weighted by Crippen LogP contribution is -2.12. The quantitative estimate of drug-likeness (QED) is 0.259. The molecule has 138 valence electrons. The summed E-state index contributed by atoms with van der Waals surface area (Å²) >= 11 is 0. The third-order valence-corrected chi connectivity index (χ3v) is 5.43. The second-order valence-electron chi connectivity index (χ2n) is 9.53. The Morgan fingerprint density at radius 1 is 0.630 bits per heavy atom. The van der Waals surface area contributed by atoms with Gasteiger partial charge in [-0.3, -0.25) is 0 Å². The molecule has 1 aromatic heterocycles. The van der Waals surface area contributed by atoms with Crippen LogP contribution in [0.25, 0.3) is 32.5 Å². The van der Waals surface area contributed by atoms with E-state index in [-0.39, 0.29) is 16.5 Å². The Hall–Kier alpha value is -2.61. The fourth-order valence-corrected chi connectivity index (χ4v) is 3.65. The molecule has 3 aromatic carbocycles. The molecule has 1 heterocycles. The third kappa shape index (κ3) is 2.93. The highest BCUT2D eigenvalue weighted by atomic mass is 16.4. The summed E-state index contributed by atoms with van der Waals surface area (Å²) in [6.45, 7) is 13.1. The number of benzene rings is 3. The molecule has 0 radical (unpaired) electrons. The molecule has 2 nitrogen and oxygen atoms in total. The zero-order valence-electron chi connectivity index (χ0n) is 16.9. The van der Waals surface area contributed by atoms with Gasteiger partial charge in [-0.2, -0.15) is 0 Å². The summed E-state index contributed by atoms with van der Waals surface area (Å²) in [6, 6.07) is 16.8. The maximum Gasteiger partial charge on any atom is 0.344 e. The van der Waals surface area contributed by atoms with Crippen molar-refractivity contribution in [3.8, 4) is 0 Å². The van der Waals surface area contributed by atoms with Crippen molar-refractivity contribution in [1.82, 2.24) is 0 Å². The SMILES string of the molecule is CC(C)(C)c1ccc2c(ccc3c4ccc(C(C)(C)C)cc4c(=O)oc23)c1. The minimum Gasteiger partial charge on any atom is -0.422 e. The second-order valence-corrected chi connectivity index (χ2v) is 9.53. The molecule has 0 N–H and O–H groups in total. The summed E-state index contributed by atoms with van der Waals surface area (Å²) in [5, 5.41) is 4.68. The van der Waals surface area contributed by atoms with Gasteiger partial charge in [0, 0.05) is 10.8 Å². The highest BCUT2D eigenvalue weighted by Crippen LogP contribution is 2.34. The summed E-state index contributed by atoms with van der Waals surface area (Å²) in [5.41, 5.74) is 2.88. The lowest BCUT2D eigenvalue weighted by atomic mass is 9.85. The molecular formula is C25H26O2. The molecule has 0 unspecified atom stereocenters. The van der Waals surface area contributed by atoms with Crippen LogP contribution in [0.2, 0.25) is 0 Å². The Morgan fingerprint density at radius 2 is 1.19 bits per heavy atom. The molecule has 27 heavy (non-hydrogen) atoms. The Bertz CT molecular complexity index is 1250. The fraction of sp³-hybridized carbons (Fsp3) is 0.320. The Morgan fingerprint density at radius 3 is 1.81 bits per heavy atom. The van der Waals surface area contributed by atoms with Crippen LogP contribution in [0.3, 0.4) is 0 Å². The molecule has 0 saturated heterocycles. The lowest BCUT2D eigenvalue weighted by Gasteiger charge is -2.20. The second kappa shape index (κ2) is 5.69. The van der Waals surface area contributed by atoms with Crippen molar-refractivity contribution in [2.45, 2.75) is 52.4 Å². The summed E-state index contributed by atoms with van der Waals surface area (Å²) in [6.07, 6.45) is 0. The van der Waals surface area contributed by atoms with Crippen LogP contribution in [0.15, 0.2) is 57.7 Å². The largest absolute Gasteiger partial charge is 0.422 e. The summed E-state index contributed by atoms with van der Waals surface area (Å²) in [4.78, 5) is 12.8. The molecule has 0 aliphatic carbocycles. The topological polar surface area (TPSA) is 30.2 Å². The van der Waals surface area contributed by atoms with Crippen molar-refractivity contribution in [1.29, 1.82) is 0 Å². The summed E-state index contributed by atoms with van der Waals surface area (Å²) < 4.78 is 5.83. The van der Waals surface area contributed by atoms with Crippen LogP contribution in [0, 0.1) is 0 Å². The van der Waals surface area contributed by atoms with E-state index in [0.717, 1.165) is 27.1 Å². The Kier molecular flexibility index (Phi) is 3.75. The van der Waals surface area contributed by atoms with Crippen LogP contribution in [0.1, 0.15) is 52.7 Å². The molecule has 2 heteroatoms. The molecule has 4 rings (SSSR count). The maximum atomic E-state index is 12.8. The highest BCUT2D eigenvalue weighted by Gasteiger charge is 2.18. The average Bonchev–Trinajstić information content (AvgIpc) is 2.59. The number of hydrogen-bond donors (Lipinski definition) is 0. The van der Waals surface area contributed by atoms with E-state index in [0.29, 0.717) is 11.0 Å². The molecule has 0 bridgehead atoms. The van der Waals surface area contributed by atoms with Crippen molar-refractivity contribution >= 4 is 32.5 Å². The van der Waals surface area contributed by atoms with Gasteiger partial charge in [0.1, 0.15) is 5.58 Å². The summed E-state index contributed by atoms with van der Waals surface area (Å²) in [5.74, 6) is 0. The van der Waals surface area contributed by atoms with E-state index in [2.05, 4.69) is 84.0 Å². The lowest BCUT2D eigenvalue weighted by molar-refractivity contribution is 0.570. The predicted octanol–water partition coefficient (Wildman–Crippen LogP) is 6.69. The van der Waals surface area contributed by atoms with Gasteiger partial charge in [0.25, 0.3) is 0 Å². The zero-order chi connectivity index (χ0) is 19.6. The number of hydrogen-bond acceptors (Lipinski definition) is 2. The number of fused-ring (bicyclic) bond motifs is 5. The van der Waals surface area contributed by atoms with Crippen molar-refractivity contribution in [3.63, 3.8) is 0 Å². The molecule has 0 aliphatic rings. The van der Waals surface area contributed by atoms with Gasteiger partial charge in [0.05, 0.1) is 5.39 Å². The molecule has 0 spiro atoms. The molecule has 0 aliphatic heterocycles. The minimum absolute atomic E-state index is 0.0116. The van der Waals surface area contributed by atoms with Gasteiger partial charge in [-0.1, -0.05) is 77.9 Å². The Balaban J connectivity index is 2.06. The van der Waals surface area contributed by atoms with E-state index < -0.39 is 0 Å². The molecule has 4 aromatic rings. The van der Waals surface area contributed by atoms with Crippen LogP contribution in [0.5, 0.6) is 0 Å². The smallest absolute Gasteiger partial charge is 0.344 e. The molecule has 0 fully saturated rings. The van der Waals surface area contributed by atoms with E-state index in [9.17, 15) is 4.79 Å². The normalized spacial score (nSPS) is 13.0. The van der Waals surface area contributed by atoms with Crippen molar-refractivity contribution in [2.24, 2.45) is 0 Å². The first-order valence-electron chi connectivity index (χ1n) is 9.50. The van der Waals surface area contributed by atoms with Crippen LogP contribution >= 0.6 is 0 Å². The van der Waals surface area contributed by atoms with Gasteiger partial charge in [0.15, 0.2) is 0 Å². The first-order valence-corrected chi connectivity index (χ1v) is 9.50. The molecule has 0 amide bonds. The minimum atomic E-state index is -0.268. The Labute approximate surface area is 159 Å². The third-order valence-electron chi connectivity index (χ3n) is 5.43. The number of rotatable bonds is 0. The van der Waals surface area contributed by atoms with Crippen LogP contribution in [0.4, 0.5) is 0 Å². The standard InChI is InChI=1S/C25H26O2/c1-24(2,3)16-8-11-18-15(13-16)7-10-20-19-12-9-17(25(4,5)6)14-21(19)23(26)27-22(18)20/h7-14H,1-6H3. The molecule has 0 saturated carbocycles. The van der Waals surface area contributed by atoms with Gasteiger partial charge in [-0.25, -0.2) is 4.79 Å². The predicted molar refractivity (Wildman–Crippen MR) is 115 cm³/mol. The summed E-state index contributed by atoms with van der Waals surface area (Å²) in [7, 11) is 0. The highest BCUT2D eigenvalue weighted by molar-refractivity contribution is 6.13. The van der Waals surface area contributed by atoms with Gasteiger partial charge < -0.3 is 4.42 Å². The average molecular weight is 358 g/mol. The molecular weight excluding hydrogens is 332 g/mol.